The van der Waals surface area contributed by atoms with Gasteiger partial charge in [0.1, 0.15) is 0 Å². The van der Waals surface area contributed by atoms with Crippen LogP contribution in [0.2, 0.25) is 0 Å². The Hall–Kier alpha value is -0.920. The fraction of sp³-hybridized carbons (Fsp3) is 0.500. The Morgan fingerprint density at radius 1 is 1.30 bits per heavy atom. The van der Waals surface area contributed by atoms with Gasteiger partial charge in [-0.2, -0.15) is 0 Å². The van der Waals surface area contributed by atoms with Gasteiger partial charge in [-0.3, -0.25) is 9.98 Å². The molecular weight excluding hydrogens is 124 g/mol. The van der Waals surface area contributed by atoms with Crippen LogP contribution >= 0.6 is 0 Å². The number of nitrogens with zero attached hydrogens (tertiary/aromatic N) is 2. The molecule has 0 N–H and O–H groups in total. The Morgan fingerprint density at radius 3 is 2.50 bits per heavy atom. The zero-order valence-corrected chi connectivity index (χ0v) is 6.83. The first-order valence-electron chi connectivity index (χ1n) is 3.45. The Morgan fingerprint density at radius 2 is 2.00 bits per heavy atom. The van der Waals surface area contributed by atoms with E-state index in [4.69, 9.17) is 0 Å². The van der Waals surface area contributed by atoms with Crippen LogP contribution in [-0.2, 0) is 0 Å². The molecule has 0 aliphatic rings. The molecule has 0 saturated carbocycles. The van der Waals surface area contributed by atoms with Crippen LogP contribution in [0, 0.1) is 0 Å². The predicted octanol–water partition coefficient (Wildman–Crippen LogP) is 2.42. The van der Waals surface area contributed by atoms with E-state index >= 15 is 0 Å². The minimum Gasteiger partial charge on any atom is -0.267 e. The molecule has 56 valence electrons. The lowest BCUT2D eigenvalue weighted by Gasteiger charge is -1.80. The molecule has 0 heterocycles. The first kappa shape index (κ1) is 9.08. The Balaban J connectivity index is 3.57. The second-order valence-corrected chi connectivity index (χ2v) is 2.11. The van der Waals surface area contributed by atoms with Gasteiger partial charge in [0.15, 0.2) is 0 Å². The Labute approximate surface area is 62.4 Å². The first-order chi connectivity index (χ1) is 4.77. The Kier molecular flexibility index (Phi) is 5.63. The molecule has 0 aromatic rings. The average Bonchev–Trinajstić information content (AvgIpc) is 1.87. The van der Waals surface area contributed by atoms with E-state index in [-0.39, 0.29) is 0 Å². The molecule has 10 heavy (non-hydrogen) atoms. The molecule has 0 amide bonds. The monoisotopic (exact) mass is 138 g/mol. The van der Waals surface area contributed by atoms with E-state index in [1.54, 1.807) is 12.4 Å². The predicted molar refractivity (Wildman–Crippen MR) is 46.7 cm³/mol. The standard InChI is InChI=1S/C8H14N2/c1-4-5-9-6-7-10-8(2)3/h5-7H,4H2,1-3H3/b7-6-,9-5?. The van der Waals surface area contributed by atoms with Crippen LogP contribution in [0.25, 0.3) is 0 Å². The van der Waals surface area contributed by atoms with Crippen LogP contribution in [0.1, 0.15) is 27.2 Å². The summed E-state index contributed by atoms with van der Waals surface area (Å²) in [5, 5.41) is 0. The summed E-state index contributed by atoms with van der Waals surface area (Å²) in [6, 6.07) is 0. The summed E-state index contributed by atoms with van der Waals surface area (Å²) in [5.74, 6) is 0. The van der Waals surface area contributed by atoms with Crippen LogP contribution in [0.4, 0.5) is 0 Å². The minimum absolute atomic E-state index is 0.971. The van der Waals surface area contributed by atoms with Crippen LogP contribution in [0.3, 0.4) is 0 Å². The van der Waals surface area contributed by atoms with E-state index in [9.17, 15) is 0 Å². The van der Waals surface area contributed by atoms with Crippen molar-refractivity contribution in [2.45, 2.75) is 27.2 Å². The van der Waals surface area contributed by atoms with E-state index in [0.29, 0.717) is 0 Å². The largest absolute Gasteiger partial charge is 0.267 e. The third kappa shape index (κ3) is 7.08. The molecule has 0 saturated heterocycles. The molecule has 2 heteroatoms. The molecule has 0 fully saturated rings. The summed E-state index contributed by atoms with van der Waals surface area (Å²) in [5.41, 5.74) is 1.04. The second-order valence-electron chi connectivity index (χ2n) is 2.11. The van der Waals surface area contributed by atoms with Crippen LogP contribution < -0.4 is 0 Å². The molecule has 0 bridgehead atoms. The van der Waals surface area contributed by atoms with Gasteiger partial charge in [-0.05, 0) is 20.3 Å². The molecule has 0 aromatic heterocycles. The molecule has 0 rings (SSSR count). The maximum Gasteiger partial charge on any atom is 0.0449 e. The highest BCUT2D eigenvalue weighted by Crippen LogP contribution is 1.80. The van der Waals surface area contributed by atoms with Crippen molar-refractivity contribution in [1.82, 2.24) is 0 Å². The van der Waals surface area contributed by atoms with Gasteiger partial charge in [0.2, 0.25) is 0 Å². The highest BCUT2D eigenvalue weighted by Gasteiger charge is 1.69. The smallest absolute Gasteiger partial charge is 0.0449 e. The van der Waals surface area contributed by atoms with Gasteiger partial charge in [0.05, 0.1) is 0 Å². The fourth-order valence-electron chi connectivity index (χ4n) is 0.387. The average molecular weight is 138 g/mol. The van der Waals surface area contributed by atoms with Gasteiger partial charge in [-0.15, -0.1) is 0 Å². The lowest BCUT2D eigenvalue weighted by molar-refractivity contribution is 1.31. The molecule has 0 spiro atoms. The van der Waals surface area contributed by atoms with Gasteiger partial charge in [0, 0.05) is 24.3 Å². The number of rotatable bonds is 3. The molecule has 2 nitrogen and oxygen atoms in total. The molecule has 0 radical (unpaired) electrons. The third-order valence-electron chi connectivity index (χ3n) is 0.773. The van der Waals surface area contributed by atoms with Crippen LogP contribution in [-0.4, -0.2) is 11.9 Å². The van der Waals surface area contributed by atoms with E-state index < -0.39 is 0 Å². The SMILES string of the molecule is CCC=N/C=C\N=C(C)C. The molecular formula is C8H14N2. The van der Waals surface area contributed by atoms with Gasteiger partial charge in [0.25, 0.3) is 0 Å². The summed E-state index contributed by atoms with van der Waals surface area (Å²) >= 11 is 0. The Bertz CT molecular complexity index is 151. The lowest BCUT2D eigenvalue weighted by atomic mass is 10.5. The van der Waals surface area contributed by atoms with Gasteiger partial charge < -0.3 is 0 Å². The number of aliphatic imine (C=N–C) groups is 2. The normalized spacial score (nSPS) is 11.1. The van der Waals surface area contributed by atoms with E-state index in [2.05, 4.69) is 9.98 Å². The van der Waals surface area contributed by atoms with Gasteiger partial charge in [-0.1, -0.05) is 6.92 Å². The quantitative estimate of drug-likeness (QED) is 0.535. The summed E-state index contributed by atoms with van der Waals surface area (Å²) in [6.45, 7) is 5.95. The zero-order chi connectivity index (χ0) is 7.82. The number of hydrogen-bond acceptors (Lipinski definition) is 2. The fourth-order valence-corrected chi connectivity index (χ4v) is 0.387. The van der Waals surface area contributed by atoms with E-state index in [1.165, 1.54) is 0 Å². The highest BCUT2D eigenvalue weighted by atomic mass is 14.7. The van der Waals surface area contributed by atoms with E-state index in [1.807, 2.05) is 27.0 Å². The summed E-state index contributed by atoms with van der Waals surface area (Å²) in [6.07, 6.45) is 6.20. The van der Waals surface area contributed by atoms with Crippen molar-refractivity contribution in [3.8, 4) is 0 Å². The van der Waals surface area contributed by atoms with E-state index in [0.717, 1.165) is 12.1 Å². The number of hydrogen-bond donors (Lipinski definition) is 0. The molecule has 0 aliphatic carbocycles. The summed E-state index contributed by atoms with van der Waals surface area (Å²) < 4.78 is 0. The van der Waals surface area contributed by atoms with Crippen molar-refractivity contribution in [2.75, 3.05) is 0 Å². The molecule has 0 aromatic carbocycles. The highest BCUT2D eigenvalue weighted by molar-refractivity contribution is 5.79. The van der Waals surface area contributed by atoms with Crippen molar-refractivity contribution < 1.29 is 0 Å². The first-order valence-corrected chi connectivity index (χ1v) is 3.45. The topological polar surface area (TPSA) is 24.7 Å². The van der Waals surface area contributed by atoms with Crippen LogP contribution in [0.5, 0.6) is 0 Å². The van der Waals surface area contributed by atoms with Gasteiger partial charge in [-0.25, -0.2) is 0 Å². The maximum absolute atomic E-state index is 4.02. The zero-order valence-electron chi connectivity index (χ0n) is 6.83. The molecule has 0 aliphatic heterocycles. The second kappa shape index (κ2) is 6.20. The minimum atomic E-state index is 0.971. The van der Waals surface area contributed by atoms with Crippen molar-refractivity contribution in [1.29, 1.82) is 0 Å². The maximum atomic E-state index is 4.02. The third-order valence-corrected chi connectivity index (χ3v) is 0.773. The van der Waals surface area contributed by atoms with Crippen molar-refractivity contribution in [3.63, 3.8) is 0 Å². The van der Waals surface area contributed by atoms with Crippen molar-refractivity contribution >= 4 is 11.9 Å². The molecule has 0 unspecified atom stereocenters. The summed E-state index contributed by atoms with van der Waals surface area (Å²) in [7, 11) is 0. The lowest BCUT2D eigenvalue weighted by Crippen LogP contribution is -1.74. The summed E-state index contributed by atoms with van der Waals surface area (Å²) in [4.78, 5) is 7.97. The van der Waals surface area contributed by atoms with Crippen LogP contribution in [0.15, 0.2) is 22.4 Å². The van der Waals surface area contributed by atoms with Gasteiger partial charge >= 0.3 is 0 Å². The van der Waals surface area contributed by atoms with Crippen molar-refractivity contribution in [2.24, 2.45) is 9.98 Å². The molecule has 0 atom stereocenters. The van der Waals surface area contributed by atoms with Crippen molar-refractivity contribution in [3.05, 3.63) is 12.4 Å².